The van der Waals surface area contributed by atoms with Crippen molar-refractivity contribution in [3.63, 3.8) is 0 Å². The third-order valence-corrected chi connectivity index (χ3v) is 7.14. The van der Waals surface area contributed by atoms with E-state index in [9.17, 15) is 0 Å². The van der Waals surface area contributed by atoms with Crippen LogP contribution in [0.3, 0.4) is 0 Å². The van der Waals surface area contributed by atoms with Crippen LogP contribution in [-0.2, 0) is 11.3 Å². The molecule has 2 fully saturated rings. The molecule has 0 radical (unpaired) electrons. The Hall–Kier alpha value is -2.42. The molecule has 1 saturated carbocycles. The topological polar surface area (TPSA) is 72.0 Å². The molecular formula is C25H27BrN4O3. The SMILES string of the molecule is CN1CCCCCOc2cc3c(ncnc3cc2OC2CC23CO3)Nc2cc(Br)ccc2C1. The zero-order valence-corrected chi connectivity index (χ0v) is 20.2. The van der Waals surface area contributed by atoms with Crippen LogP contribution in [0.2, 0.25) is 0 Å². The summed E-state index contributed by atoms with van der Waals surface area (Å²) in [6.45, 7) is 3.35. The van der Waals surface area contributed by atoms with Crippen molar-refractivity contribution in [2.24, 2.45) is 0 Å². The Balaban J connectivity index is 1.40. The van der Waals surface area contributed by atoms with Gasteiger partial charge in [-0.05, 0) is 56.6 Å². The van der Waals surface area contributed by atoms with E-state index in [0.29, 0.717) is 6.61 Å². The lowest BCUT2D eigenvalue weighted by Gasteiger charge is -2.20. The molecule has 2 atom stereocenters. The number of ether oxygens (including phenoxy) is 3. The van der Waals surface area contributed by atoms with Crippen molar-refractivity contribution in [1.82, 2.24) is 14.9 Å². The standard InChI is InChI=1S/C25H27BrN4O3/c1-30-7-3-2-4-8-31-21-10-18-20(11-22(21)33-23-12-25(23)14-32-25)27-15-28-24(18)29-19-9-17(26)6-5-16(19)13-30/h5-6,9-11,15,23H,2-4,7-8,12-14H2,1H3,(H,27,28,29). The average Bonchev–Trinajstić information content (AvgIpc) is 3.71. The largest absolute Gasteiger partial charge is 0.490 e. The highest BCUT2D eigenvalue weighted by Gasteiger charge is 2.68. The van der Waals surface area contributed by atoms with Crippen molar-refractivity contribution in [2.75, 3.05) is 32.1 Å². The number of halogens is 1. The zero-order valence-electron chi connectivity index (χ0n) is 18.6. The maximum atomic E-state index is 6.29. The van der Waals surface area contributed by atoms with Crippen LogP contribution < -0.4 is 14.8 Å². The Labute approximate surface area is 201 Å². The monoisotopic (exact) mass is 510 g/mol. The van der Waals surface area contributed by atoms with Gasteiger partial charge in [0.2, 0.25) is 0 Å². The second-order valence-electron chi connectivity index (χ2n) is 9.28. The summed E-state index contributed by atoms with van der Waals surface area (Å²) >= 11 is 3.62. The molecular weight excluding hydrogens is 484 g/mol. The molecule has 1 aromatic heterocycles. The maximum absolute atomic E-state index is 6.29. The molecule has 3 aromatic rings. The van der Waals surface area contributed by atoms with Crippen LogP contribution >= 0.6 is 15.9 Å². The summed E-state index contributed by atoms with van der Waals surface area (Å²) in [5.41, 5.74) is 3.03. The van der Waals surface area contributed by atoms with Crippen molar-refractivity contribution in [3.8, 4) is 11.5 Å². The molecule has 1 spiro atoms. The van der Waals surface area contributed by atoms with E-state index < -0.39 is 0 Å². The minimum atomic E-state index is -0.0387. The highest BCUT2D eigenvalue weighted by atomic mass is 79.9. The molecule has 33 heavy (non-hydrogen) atoms. The summed E-state index contributed by atoms with van der Waals surface area (Å²) in [7, 11) is 2.17. The fourth-order valence-electron chi connectivity index (χ4n) is 4.47. The van der Waals surface area contributed by atoms with Gasteiger partial charge in [-0.3, -0.25) is 0 Å². The zero-order chi connectivity index (χ0) is 22.4. The first kappa shape index (κ1) is 21.1. The van der Waals surface area contributed by atoms with Gasteiger partial charge in [0.05, 0.1) is 18.7 Å². The van der Waals surface area contributed by atoms with Crippen LogP contribution in [0.4, 0.5) is 11.5 Å². The first-order chi connectivity index (χ1) is 16.1. The Morgan fingerprint density at radius 3 is 2.94 bits per heavy atom. The maximum Gasteiger partial charge on any atom is 0.163 e. The summed E-state index contributed by atoms with van der Waals surface area (Å²) in [6.07, 6.45) is 5.89. The molecule has 0 amide bonds. The molecule has 1 aliphatic carbocycles. The van der Waals surface area contributed by atoms with Gasteiger partial charge in [0.15, 0.2) is 11.5 Å². The van der Waals surface area contributed by atoms with Crippen molar-refractivity contribution in [1.29, 1.82) is 0 Å². The Kier molecular flexibility index (Phi) is 5.39. The number of benzene rings is 2. The highest BCUT2D eigenvalue weighted by Crippen LogP contribution is 2.54. The van der Waals surface area contributed by atoms with Crippen molar-refractivity contribution in [3.05, 3.63) is 46.7 Å². The number of nitrogens with zero attached hydrogens (tertiary/aromatic N) is 3. The van der Waals surface area contributed by atoms with Crippen molar-refractivity contribution < 1.29 is 14.2 Å². The third kappa shape index (κ3) is 4.39. The Morgan fingerprint density at radius 1 is 1.18 bits per heavy atom. The predicted molar refractivity (Wildman–Crippen MR) is 130 cm³/mol. The lowest BCUT2D eigenvalue weighted by atomic mass is 10.1. The van der Waals surface area contributed by atoms with Gasteiger partial charge in [0.1, 0.15) is 23.9 Å². The molecule has 7 nitrogen and oxygen atoms in total. The van der Waals surface area contributed by atoms with E-state index in [1.807, 2.05) is 12.1 Å². The van der Waals surface area contributed by atoms with Crippen LogP contribution in [0, 0.1) is 0 Å². The van der Waals surface area contributed by atoms with Crippen molar-refractivity contribution in [2.45, 2.75) is 43.9 Å². The van der Waals surface area contributed by atoms with E-state index in [0.717, 1.165) is 83.8 Å². The van der Waals surface area contributed by atoms with Gasteiger partial charge < -0.3 is 24.4 Å². The molecule has 2 aliphatic heterocycles. The lowest BCUT2D eigenvalue weighted by Crippen LogP contribution is -2.20. The average molecular weight is 511 g/mol. The molecule has 3 aliphatic rings. The van der Waals surface area contributed by atoms with Gasteiger partial charge in [-0.1, -0.05) is 22.0 Å². The summed E-state index contributed by atoms with van der Waals surface area (Å²) in [4.78, 5) is 11.5. The number of aromatic nitrogens is 2. The van der Waals surface area contributed by atoms with E-state index in [1.54, 1.807) is 6.33 Å². The minimum absolute atomic E-state index is 0.0387. The summed E-state index contributed by atoms with van der Waals surface area (Å²) in [6, 6.07) is 10.3. The summed E-state index contributed by atoms with van der Waals surface area (Å²) in [5, 5.41) is 4.47. The number of fused-ring (bicyclic) bond motifs is 2. The van der Waals surface area contributed by atoms with Gasteiger partial charge in [-0.2, -0.15) is 0 Å². The predicted octanol–water partition coefficient (Wildman–Crippen LogP) is 5.05. The first-order valence-corrected chi connectivity index (χ1v) is 12.4. The molecule has 2 unspecified atom stereocenters. The molecule has 3 heterocycles. The second-order valence-corrected chi connectivity index (χ2v) is 10.2. The molecule has 2 bridgehead atoms. The summed E-state index contributed by atoms with van der Waals surface area (Å²) in [5.74, 6) is 2.22. The molecule has 1 N–H and O–H groups in total. The van der Waals surface area contributed by atoms with E-state index in [-0.39, 0.29) is 11.7 Å². The number of nitrogens with one attached hydrogen (secondary N) is 1. The van der Waals surface area contributed by atoms with Crippen LogP contribution in [0.15, 0.2) is 41.1 Å². The lowest BCUT2D eigenvalue weighted by molar-refractivity contribution is 0.231. The fourth-order valence-corrected chi connectivity index (χ4v) is 4.83. The Bertz CT molecular complexity index is 1200. The molecule has 1 saturated heterocycles. The quantitative estimate of drug-likeness (QED) is 0.483. The van der Waals surface area contributed by atoms with Gasteiger partial charge in [0, 0.05) is 34.6 Å². The van der Waals surface area contributed by atoms with Crippen LogP contribution in [0.1, 0.15) is 31.2 Å². The number of rotatable bonds is 2. The second kappa shape index (κ2) is 8.42. The van der Waals surface area contributed by atoms with Gasteiger partial charge in [0.25, 0.3) is 0 Å². The van der Waals surface area contributed by atoms with E-state index in [1.165, 1.54) is 5.56 Å². The Morgan fingerprint density at radius 2 is 2.09 bits per heavy atom. The van der Waals surface area contributed by atoms with Crippen LogP contribution in [-0.4, -0.2) is 53.4 Å². The minimum Gasteiger partial charge on any atom is -0.490 e. The summed E-state index contributed by atoms with van der Waals surface area (Å²) < 4.78 is 19.1. The smallest absolute Gasteiger partial charge is 0.163 e. The van der Waals surface area contributed by atoms with Crippen LogP contribution in [0.5, 0.6) is 11.5 Å². The van der Waals surface area contributed by atoms with Gasteiger partial charge >= 0.3 is 0 Å². The molecule has 2 aromatic carbocycles. The van der Waals surface area contributed by atoms with Crippen molar-refractivity contribution >= 4 is 38.3 Å². The number of anilines is 2. The normalized spacial score (nSPS) is 25.0. The highest BCUT2D eigenvalue weighted by molar-refractivity contribution is 9.10. The fraction of sp³-hybridized carbons (Fsp3) is 0.440. The van der Waals surface area contributed by atoms with E-state index in [4.69, 9.17) is 14.2 Å². The van der Waals surface area contributed by atoms with Crippen LogP contribution in [0.25, 0.3) is 10.9 Å². The number of hydrogen-bond donors (Lipinski definition) is 1. The third-order valence-electron chi connectivity index (χ3n) is 6.65. The number of hydrogen-bond acceptors (Lipinski definition) is 7. The van der Waals surface area contributed by atoms with E-state index in [2.05, 4.69) is 61.4 Å². The molecule has 6 rings (SSSR count). The first-order valence-electron chi connectivity index (χ1n) is 11.6. The van der Waals surface area contributed by atoms with E-state index >= 15 is 0 Å². The van der Waals surface area contributed by atoms with Gasteiger partial charge in [-0.15, -0.1) is 0 Å². The molecule has 8 heteroatoms. The molecule has 172 valence electrons. The number of epoxide rings is 1. The van der Waals surface area contributed by atoms with Gasteiger partial charge in [-0.25, -0.2) is 9.97 Å².